The third kappa shape index (κ3) is 3.14. The van der Waals surface area contributed by atoms with Crippen molar-refractivity contribution in [2.45, 2.75) is 19.8 Å². The standard InChI is InChI=1S/C14H16N2O4/c1-9-4-5-10(7-11(9)14(19)20)15-12(17)8-16-6-2-3-13(16)18/h4-5,7H,2-3,6,8H2,1H3,(H,15,17)(H,19,20). The van der Waals surface area contributed by atoms with Gasteiger partial charge in [-0.15, -0.1) is 0 Å². The van der Waals surface area contributed by atoms with Crippen molar-refractivity contribution in [3.05, 3.63) is 29.3 Å². The van der Waals surface area contributed by atoms with E-state index in [1.54, 1.807) is 19.1 Å². The molecule has 0 spiro atoms. The van der Waals surface area contributed by atoms with Crippen LogP contribution < -0.4 is 5.32 Å². The molecule has 106 valence electrons. The fourth-order valence-electron chi connectivity index (χ4n) is 2.18. The van der Waals surface area contributed by atoms with E-state index in [0.717, 1.165) is 6.42 Å². The number of likely N-dealkylation sites (tertiary alicyclic amines) is 1. The summed E-state index contributed by atoms with van der Waals surface area (Å²) in [4.78, 5) is 35.8. The average Bonchev–Trinajstić information content (AvgIpc) is 2.77. The number of aromatic carboxylic acids is 1. The van der Waals surface area contributed by atoms with Crippen LogP contribution in [0.4, 0.5) is 5.69 Å². The Morgan fingerprint density at radius 3 is 2.75 bits per heavy atom. The molecule has 1 fully saturated rings. The molecule has 0 saturated carbocycles. The highest BCUT2D eigenvalue weighted by atomic mass is 16.4. The topological polar surface area (TPSA) is 86.7 Å². The predicted molar refractivity (Wildman–Crippen MR) is 72.6 cm³/mol. The Hall–Kier alpha value is -2.37. The Labute approximate surface area is 116 Å². The van der Waals surface area contributed by atoms with Crippen LogP contribution in [0.5, 0.6) is 0 Å². The van der Waals surface area contributed by atoms with Crippen LogP contribution in [-0.2, 0) is 9.59 Å². The van der Waals surface area contributed by atoms with E-state index in [1.165, 1.54) is 11.0 Å². The monoisotopic (exact) mass is 276 g/mol. The van der Waals surface area contributed by atoms with Crippen molar-refractivity contribution in [2.75, 3.05) is 18.4 Å². The van der Waals surface area contributed by atoms with Gasteiger partial charge in [0.05, 0.1) is 12.1 Å². The highest BCUT2D eigenvalue weighted by Gasteiger charge is 2.22. The second-order valence-corrected chi connectivity index (χ2v) is 4.80. The molecule has 0 bridgehead atoms. The maximum Gasteiger partial charge on any atom is 0.336 e. The minimum absolute atomic E-state index is 0.00904. The third-order valence-electron chi connectivity index (χ3n) is 3.26. The van der Waals surface area contributed by atoms with Gasteiger partial charge in [0.25, 0.3) is 0 Å². The summed E-state index contributed by atoms with van der Waals surface area (Å²) in [6.07, 6.45) is 1.26. The first kappa shape index (κ1) is 14.0. The smallest absolute Gasteiger partial charge is 0.336 e. The SMILES string of the molecule is Cc1ccc(NC(=O)CN2CCCC2=O)cc1C(=O)O. The Kier molecular flexibility index (Phi) is 4.02. The molecule has 2 amide bonds. The summed E-state index contributed by atoms with van der Waals surface area (Å²) in [5.41, 5.74) is 1.20. The molecular weight excluding hydrogens is 260 g/mol. The number of nitrogens with one attached hydrogen (secondary N) is 1. The van der Waals surface area contributed by atoms with E-state index in [-0.39, 0.29) is 23.9 Å². The number of rotatable bonds is 4. The number of carbonyl (C=O) groups is 3. The first-order valence-corrected chi connectivity index (χ1v) is 6.39. The van der Waals surface area contributed by atoms with Gasteiger partial charge in [0.2, 0.25) is 11.8 Å². The molecule has 20 heavy (non-hydrogen) atoms. The summed E-state index contributed by atoms with van der Waals surface area (Å²) < 4.78 is 0. The largest absolute Gasteiger partial charge is 0.478 e. The van der Waals surface area contributed by atoms with E-state index in [0.29, 0.717) is 24.2 Å². The molecule has 0 radical (unpaired) electrons. The van der Waals surface area contributed by atoms with E-state index < -0.39 is 5.97 Å². The number of anilines is 1. The maximum absolute atomic E-state index is 11.8. The molecule has 1 aromatic rings. The van der Waals surface area contributed by atoms with Crippen LogP contribution in [0.2, 0.25) is 0 Å². The van der Waals surface area contributed by atoms with Crippen LogP contribution in [0, 0.1) is 6.92 Å². The van der Waals surface area contributed by atoms with Crippen molar-refractivity contribution in [1.82, 2.24) is 4.90 Å². The highest BCUT2D eigenvalue weighted by Crippen LogP contribution is 2.16. The van der Waals surface area contributed by atoms with E-state index in [4.69, 9.17) is 5.11 Å². The summed E-state index contributed by atoms with van der Waals surface area (Å²) >= 11 is 0. The predicted octanol–water partition coefficient (Wildman–Crippen LogP) is 1.25. The molecule has 0 atom stereocenters. The fourth-order valence-corrected chi connectivity index (χ4v) is 2.18. The van der Waals surface area contributed by atoms with Gasteiger partial charge in [-0.25, -0.2) is 4.79 Å². The minimum Gasteiger partial charge on any atom is -0.478 e. The molecular formula is C14H16N2O4. The molecule has 6 heteroatoms. The van der Waals surface area contributed by atoms with Gasteiger partial charge in [-0.3, -0.25) is 9.59 Å². The van der Waals surface area contributed by atoms with Crippen LogP contribution in [0.1, 0.15) is 28.8 Å². The Balaban J connectivity index is 2.02. The van der Waals surface area contributed by atoms with E-state index in [9.17, 15) is 14.4 Å². The Bertz CT molecular complexity index is 568. The van der Waals surface area contributed by atoms with Gasteiger partial charge in [-0.1, -0.05) is 6.07 Å². The average molecular weight is 276 g/mol. The molecule has 1 aromatic carbocycles. The van der Waals surface area contributed by atoms with Gasteiger partial charge >= 0.3 is 5.97 Å². The zero-order valence-corrected chi connectivity index (χ0v) is 11.2. The van der Waals surface area contributed by atoms with Crippen molar-refractivity contribution in [3.8, 4) is 0 Å². The second kappa shape index (κ2) is 5.73. The van der Waals surface area contributed by atoms with Crippen molar-refractivity contribution in [2.24, 2.45) is 0 Å². The Morgan fingerprint density at radius 2 is 2.15 bits per heavy atom. The van der Waals surface area contributed by atoms with E-state index in [1.807, 2.05) is 0 Å². The molecule has 0 aliphatic carbocycles. The molecule has 1 aliphatic rings. The Morgan fingerprint density at radius 1 is 1.40 bits per heavy atom. The summed E-state index contributed by atoms with van der Waals surface area (Å²) in [5.74, 6) is -1.37. The van der Waals surface area contributed by atoms with Gasteiger partial charge in [0, 0.05) is 18.7 Å². The third-order valence-corrected chi connectivity index (χ3v) is 3.26. The molecule has 6 nitrogen and oxygen atoms in total. The normalized spacial score (nSPS) is 14.4. The number of nitrogens with zero attached hydrogens (tertiary/aromatic N) is 1. The number of hydrogen-bond acceptors (Lipinski definition) is 3. The fraction of sp³-hybridized carbons (Fsp3) is 0.357. The lowest BCUT2D eigenvalue weighted by Gasteiger charge is -2.15. The van der Waals surface area contributed by atoms with E-state index in [2.05, 4.69) is 5.32 Å². The summed E-state index contributed by atoms with van der Waals surface area (Å²) in [6.45, 7) is 2.30. The van der Waals surface area contributed by atoms with Crippen LogP contribution in [-0.4, -0.2) is 40.9 Å². The zero-order valence-electron chi connectivity index (χ0n) is 11.2. The van der Waals surface area contributed by atoms with Crippen molar-refractivity contribution < 1.29 is 19.5 Å². The zero-order chi connectivity index (χ0) is 14.7. The summed E-state index contributed by atoms with van der Waals surface area (Å²) in [5, 5.41) is 11.6. The molecule has 1 aliphatic heterocycles. The maximum atomic E-state index is 11.8. The molecule has 1 saturated heterocycles. The molecule has 2 N–H and O–H groups in total. The molecule has 1 heterocycles. The molecule has 0 unspecified atom stereocenters. The van der Waals surface area contributed by atoms with Crippen LogP contribution in [0.25, 0.3) is 0 Å². The summed E-state index contributed by atoms with van der Waals surface area (Å²) in [6, 6.07) is 4.70. The van der Waals surface area contributed by atoms with Crippen molar-refractivity contribution in [1.29, 1.82) is 0 Å². The van der Waals surface area contributed by atoms with Crippen LogP contribution in [0.3, 0.4) is 0 Å². The van der Waals surface area contributed by atoms with Crippen LogP contribution >= 0.6 is 0 Å². The minimum atomic E-state index is -1.03. The molecule has 2 rings (SSSR count). The van der Waals surface area contributed by atoms with E-state index >= 15 is 0 Å². The lowest BCUT2D eigenvalue weighted by Crippen LogP contribution is -2.34. The summed E-state index contributed by atoms with van der Waals surface area (Å²) in [7, 11) is 0. The van der Waals surface area contributed by atoms with Crippen molar-refractivity contribution in [3.63, 3.8) is 0 Å². The number of carbonyl (C=O) groups excluding carboxylic acids is 2. The number of carboxylic acids is 1. The van der Waals surface area contributed by atoms with Gasteiger partial charge in [-0.05, 0) is 31.0 Å². The first-order chi connectivity index (χ1) is 9.47. The number of amides is 2. The van der Waals surface area contributed by atoms with Gasteiger partial charge in [0.15, 0.2) is 0 Å². The van der Waals surface area contributed by atoms with Crippen molar-refractivity contribution >= 4 is 23.5 Å². The second-order valence-electron chi connectivity index (χ2n) is 4.80. The number of carboxylic acid groups (broad SMARTS) is 1. The first-order valence-electron chi connectivity index (χ1n) is 6.39. The number of aryl methyl sites for hydroxylation is 1. The highest BCUT2D eigenvalue weighted by molar-refractivity contribution is 5.97. The number of hydrogen-bond donors (Lipinski definition) is 2. The van der Waals surface area contributed by atoms with Gasteiger partial charge in [-0.2, -0.15) is 0 Å². The molecule has 0 aromatic heterocycles. The lowest BCUT2D eigenvalue weighted by atomic mass is 10.1. The van der Waals surface area contributed by atoms with Gasteiger partial charge in [0.1, 0.15) is 0 Å². The van der Waals surface area contributed by atoms with Gasteiger partial charge < -0.3 is 15.3 Å². The lowest BCUT2D eigenvalue weighted by molar-refractivity contribution is -0.131. The number of benzene rings is 1. The quantitative estimate of drug-likeness (QED) is 0.866. The van der Waals surface area contributed by atoms with Crippen LogP contribution in [0.15, 0.2) is 18.2 Å².